The molecular formula is C24H24ClFN4O3. The van der Waals surface area contributed by atoms with E-state index in [1.807, 2.05) is 64.4 Å². The molecule has 1 N–H and O–H groups in total. The van der Waals surface area contributed by atoms with Crippen molar-refractivity contribution in [2.45, 2.75) is 18.5 Å². The van der Waals surface area contributed by atoms with Crippen LogP contribution >= 0.6 is 11.6 Å². The monoisotopic (exact) mass is 470 g/mol. The van der Waals surface area contributed by atoms with E-state index in [0.717, 1.165) is 11.4 Å². The highest BCUT2D eigenvalue weighted by Gasteiger charge is 2.35. The van der Waals surface area contributed by atoms with E-state index in [0.29, 0.717) is 29.7 Å². The zero-order valence-electron chi connectivity index (χ0n) is 17.9. The summed E-state index contributed by atoms with van der Waals surface area (Å²) < 4.78 is 20.0. The Hall–Kier alpha value is -3.23. The van der Waals surface area contributed by atoms with Gasteiger partial charge in [0.05, 0.1) is 19.0 Å². The quantitative estimate of drug-likeness (QED) is 0.495. The summed E-state index contributed by atoms with van der Waals surface area (Å²) >= 11 is 6.08. The van der Waals surface area contributed by atoms with Crippen molar-refractivity contribution in [2.75, 3.05) is 36.1 Å². The number of rotatable bonds is 8. The Kier molecular flexibility index (Phi) is 7.05. The topological polar surface area (TPSA) is 78.8 Å². The molecule has 0 spiro atoms. The lowest BCUT2D eigenvalue weighted by Gasteiger charge is -2.36. The van der Waals surface area contributed by atoms with Crippen LogP contribution < -0.4 is 9.80 Å². The molecule has 9 heteroatoms. The lowest BCUT2D eigenvalue weighted by molar-refractivity contribution is -0.144. The highest BCUT2D eigenvalue weighted by Crippen LogP contribution is 2.35. The molecule has 0 aliphatic carbocycles. The Morgan fingerprint density at radius 3 is 2.42 bits per heavy atom. The number of aliphatic carboxylic acids is 1. The molecule has 2 aromatic carbocycles. The van der Waals surface area contributed by atoms with Crippen LogP contribution in [0.25, 0.3) is 0 Å². The molecule has 0 bridgehead atoms. The zero-order valence-corrected chi connectivity index (χ0v) is 18.7. The number of carbonyl (C=O) groups is 1. The summed E-state index contributed by atoms with van der Waals surface area (Å²) in [5, 5.41) is 9.33. The highest BCUT2D eigenvalue weighted by molar-refractivity contribution is 6.30. The normalized spacial score (nSPS) is 15.3. The molecule has 33 heavy (non-hydrogen) atoms. The minimum atomic E-state index is -1.55. The van der Waals surface area contributed by atoms with Gasteiger partial charge in [0.25, 0.3) is 0 Å². The maximum Gasteiger partial charge on any atom is 0.329 e. The third-order valence-electron chi connectivity index (χ3n) is 5.51. The molecule has 1 aromatic heterocycles. The molecule has 0 saturated carbocycles. The SMILES string of the molecule is O=C(O)COCC1(F)CCN(c2cncc(N(c3ccccc3)c3ccc(Cl)cc3)n2)CC1. The fraction of sp³-hybridized carbons (Fsp3) is 0.292. The number of halogens is 2. The van der Waals surface area contributed by atoms with Crippen LogP contribution in [0.2, 0.25) is 5.02 Å². The van der Waals surface area contributed by atoms with Crippen molar-refractivity contribution < 1.29 is 19.0 Å². The standard InChI is InChI=1S/C24H24ClFN4O3/c25-18-6-8-20(9-7-18)30(19-4-2-1-3-5-19)22-15-27-14-21(28-22)29-12-10-24(26,11-13-29)17-33-16-23(31)32/h1-9,14-15H,10-13,16-17H2,(H,31,32). The van der Waals surface area contributed by atoms with Gasteiger partial charge in [-0.15, -0.1) is 0 Å². The molecule has 1 aliphatic heterocycles. The Morgan fingerprint density at radius 1 is 1.09 bits per heavy atom. The first-order chi connectivity index (χ1) is 15.9. The van der Waals surface area contributed by atoms with Crippen molar-refractivity contribution in [3.05, 3.63) is 72.0 Å². The molecule has 2 heterocycles. The maximum absolute atomic E-state index is 15.0. The van der Waals surface area contributed by atoms with Gasteiger partial charge in [0.1, 0.15) is 18.1 Å². The second kappa shape index (κ2) is 10.1. The first-order valence-electron chi connectivity index (χ1n) is 10.6. The maximum atomic E-state index is 15.0. The largest absolute Gasteiger partial charge is 0.480 e. The minimum Gasteiger partial charge on any atom is -0.480 e. The van der Waals surface area contributed by atoms with Crippen LogP contribution in [0, 0.1) is 0 Å². The molecule has 0 atom stereocenters. The van der Waals surface area contributed by atoms with Gasteiger partial charge in [-0.3, -0.25) is 9.88 Å². The minimum absolute atomic E-state index is 0.220. The fourth-order valence-electron chi connectivity index (χ4n) is 3.79. The lowest BCUT2D eigenvalue weighted by Crippen LogP contribution is -2.45. The number of para-hydroxylation sites is 1. The van der Waals surface area contributed by atoms with Gasteiger partial charge in [0, 0.05) is 42.3 Å². The Bertz CT molecular complexity index is 1080. The van der Waals surface area contributed by atoms with Gasteiger partial charge in [-0.25, -0.2) is 14.2 Å². The van der Waals surface area contributed by atoms with Crippen LogP contribution in [0.15, 0.2) is 67.0 Å². The van der Waals surface area contributed by atoms with Gasteiger partial charge in [-0.1, -0.05) is 29.8 Å². The summed E-state index contributed by atoms with van der Waals surface area (Å²) in [5.74, 6) is 0.172. The zero-order chi connectivity index (χ0) is 23.3. The molecule has 1 fully saturated rings. The van der Waals surface area contributed by atoms with Crippen molar-refractivity contribution >= 4 is 40.6 Å². The number of carboxylic acids is 1. The molecule has 7 nitrogen and oxygen atoms in total. The number of ether oxygens (including phenoxy) is 1. The van der Waals surface area contributed by atoms with E-state index in [-0.39, 0.29) is 19.4 Å². The molecule has 1 aliphatic rings. The van der Waals surface area contributed by atoms with Crippen LogP contribution in [0.3, 0.4) is 0 Å². The molecule has 4 rings (SSSR count). The molecule has 0 radical (unpaired) electrons. The molecule has 3 aromatic rings. The smallest absolute Gasteiger partial charge is 0.329 e. The third kappa shape index (κ3) is 5.77. The van der Waals surface area contributed by atoms with Gasteiger partial charge in [-0.2, -0.15) is 0 Å². The van der Waals surface area contributed by atoms with E-state index in [1.165, 1.54) is 0 Å². The average molecular weight is 471 g/mol. The molecule has 172 valence electrons. The highest BCUT2D eigenvalue weighted by atomic mass is 35.5. The van der Waals surface area contributed by atoms with Crippen LogP contribution in [0.1, 0.15) is 12.8 Å². The number of alkyl halides is 1. The number of anilines is 4. The summed E-state index contributed by atoms with van der Waals surface area (Å²) in [7, 11) is 0. The van der Waals surface area contributed by atoms with E-state index >= 15 is 0 Å². The Morgan fingerprint density at radius 2 is 1.76 bits per heavy atom. The summed E-state index contributed by atoms with van der Waals surface area (Å²) in [6.07, 6.45) is 3.80. The molecule has 1 saturated heterocycles. The first kappa shape index (κ1) is 22.9. The third-order valence-corrected chi connectivity index (χ3v) is 5.76. The van der Waals surface area contributed by atoms with Crippen LogP contribution in [0.5, 0.6) is 0 Å². The average Bonchev–Trinajstić information content (AvgIpc) is 2.82. The summed E-state index contributed by atoms with van der Waals surface area (Å²) in [5.41, 5.74) is 0.258. The van der Waals surface area contributed by atoms with Crippen molar-refractivity contribution in [3.8, 4) is 0 Å². The molecular weight excluding hydrogens is 447 g/mol. The molecule has 0 amide bonds. The number of carboxylic acid groups (broad SMARTS) is 1. The predicted molar refractivity (Wildman–Crippen MR) is 125 cm³/mol. The Balaban J connectivity index is 1.54. The number of piperidine rings is 1. The van der Waals surface area contributed by atoms with E-state index in [9.17, 15) is 9.18 Å². The van der Waals surface area contributed by atoms with Crippen molar-refractivity contribution in [1.82, 2.24) is 9.97 Å². The number of hydrogen-bond acceptors (Lipinski definition) is 6. The predicted octanol–water partition coefficient (Wildman–Crippen LogP) is 5.01. The van der Waals surface area contributed by atoms with Gasteiger partial charge in [0.15, 0.2) is 5.82 Å². The van der Waals surface area contributed by atoms with E-state index < -0.39 is 18.2 Å². The number of nitrogens with zero attached hydrogens (tertiary/aromatic N) is 4. The van der Waals surface area contributed by atoms with E-state index in [4.69, 9.17) is 26.4 Å². The van der Waals surface area contributed by atoms with Crippen LogP contribution in [-0.4, -0.2) is 53.0 Å². The van der Waals surface area contributed by atoms with Gasteiger partial charge in [-0.05, 0) is 36.4 Å². The van der Waals surface area contributed by atoms with Crippen LogP contribution in [0.4, 0.5) is 27.4 Å². The number of hydrogen-bond donors (Lipinski definition) is 1. The summed E-state index contributed by atoms with van der Waals surface area (Å²) in [6.45, 7) is 0.134. The van der Waals surface area contributed by atoms with Crippen LogP contribution in [-0.2, 0) is 9.53 Å². The first-order valence-corrected chi connectivity index (χ1v) is 11.0. The lowest BCUT2D eigenvalue weighted by atomic mass is 9.94. The fourth-order valence-corrected chi connectivity index (χ4v) is 3.91. The number of aromatic nitrogens is 2. The van der Waals surface area contributed by atoms with Gasteiger partial charge >= 0.3 is 5.97 Å². The summed E-state index contributed by atoms with van der Waals surface area (Å²) in [4.78, 5) is 23.8. The van der Waals surface area contributed by atoms with Gasteiger partial charge in [0.2, 0.25) is 0 Å². The number of benzene rings is 2. The second-order valence-corrected chi connectivity index (χ2v) is 8.34. The van der Waals surface area contributed by atoms with Crippen molar-refractivity contribution in [2.24, 2.45) is 0 Å². The second-order valence-electron chi connectivity index (χ2n) is 7.91. The van der Waals surface area contributed by atoms with Crippen molar-refractivity contribution in [1.29, 1.82) is 0 Å². The van der Waals surface area contributed by atoms with Gasteiger partial charge < -0.3 is 14.7 Å². The van der Waals surface area contributed by atoms with E-state index in [2.05, 4.69) is 4.98 Å². The van der Waals surface area contributed by atoms with Crippen molar-refractivity contribution in [3.63, 3.8) is 0 Å². The summed E-state index contributed by atoms with van der Waals surface area (Å²) in [6, 6.07) is 17.3. The Labute approximate surface area is 196 Å². The van der Waals surface area contributed by atoms with E-state index in [1.54, 1.807) is 12.4 Å². The molecule has 0 unspecified atom stereocenters.